The lowest BCUT2D eigenvalue weighted by atomic mass is 9.95. The van der Waals surface area contributed by atoms with Crippen LogP contribution in [0, 0.1) is 11.8 Å². The fourth-order valence-electron chi connectivity index (χ4n) is 5.66. The van der Waals surface area contributed by atoms with Gasteiger partial charge in [0.25, 0.3) is 0 Å². The third-order valence-electron chi connectivity index (χ3n) is 7.86. The maximum atomic E-state index is 12.3. The van der Waals surface area contributed by atoms with Crippen molar-refractivity contribution in [2.75, 3.05) is 39.8 Å². The number of hydrogen-bond acceptors (Lipinski definition) is 7. The first kappa shape index (κ1) is 29.5. The molecule has 3 aromatic rings. The second-order valence-electron chi connectivity index (χ2n) is 11.1. The predicted molar refractivity (Wildman–Crippen MR) is 169 cm³/mol. The van der Waals surface area contributed by atoms with Crippen LogP contribution in [0.15, 0.2) is 77.5 Å². The second kappa shape index (κ2) is 14.2. The number of nitrogens with zero attached hydrogens (tertiary/aromatic N) is 5. The molecule has 0 saturated carbocycles. The average molecular weight is 565 g/mol. The van der Waals surface area contributed by atoms with E-state index in [0.717, 1.165) is 72.5 Å². The van der Waals surface area contributed by atoms with Crippen molar-refractivity contribution in [2.24, 2.45) is 16.8 Å². The summed E-state index contributed by atoms with van der Waals surface area (Å²) >= 11 is 0. The minimum Gasteiger partial charge on any atom is -0.395 e. The van der Waals surface area contributed by atoms with Crippen molar-refractivity contribution in [3.63, 3.8) is 0 Å². The second-order valence-corrected chi connectivity index (χ2v) is 11.1. The summed E-state index contributed by atoms with van der Waals surface area (Å²) in [6.07, 6.45) is 15.8. The van der Waals surface area contributed by atoms with Gasteiger partial charge in [-0.1, -0.05) is 61.6 Å². The van der Waals surface area contributed by atoms with E-state index in [9.17, 15) is 4.79 Å². The molecule has 42 heavy (non-hydrogen) atoms. The van der Waals surface area contributed by atoms with Crippen molar-refractivity contribution < 1.29 is 9.90 Å². The summed E-state index contributed by atoms with van der Waals surface area (Å²) in [5.74, 6) is 1.11. The summed E-state index contributed by atoms with van der Waals surface area (Å²) < 4.78 is 0. The lowest BCUT2D eigenvalue weighted by Gasteiger charge is -2.31. The molecule has 5 rings (SSSR count). The molecule has 1 fully saturated rings. The number of rotatable bonds is 10. The standard InChI is InChI=1S/C34H40N6O2/c1-24(21-35-2)19-31-37-22-29-20-30(26-8-4-3-5-9-26)32(39-33(29)38-31)27-10-6-7-25(11-12-27)23-40-16-13-28(14-17-40)34(42)36-15-18-41/h3-9,11-12,20-22,24,28,41H,10,13-19,23H2,1-2H3,(H,36,42). The number of nitrogens with one attached hydrogen (secondary N) is 1. The highest BCUT2D eigenvalue weighted by Crippen LogP contribution is 2.33. The van der Waals surface area contributed by atoms with Crippen LogP contribution >= 0.6 is 0 Å². The zero-order valence-electron chi connectivity index (χ0n) is 24.5. The Hall–Kier alpha value is -4.01. The third-order valence-corrected chi connectivity index (χ3v) is 7.86. The first-order valence-electron chi connectivity index (χ1n) is 14.9. The van der Waals surface area contributed by atoms with Crippen molar-refractivity contribution in [1.29, 1.82) is 0 Å². The minimum atomic E-state index is -0.0229. The Bertz CT molecular complexity index is 1500. The van der Waals surface area contributed by atoms with Gasteiger partial charge in [-0.3, -0.25) is 9.69 Å². The SMILES string of the molecule is CN=CC(C)Cc1ncc2cc(-c3ccccc3)c(C3=CC=C(CN4CCC(C(=O)NCCO)CC4)C=CC3)nc2n1. The lowest BCUT2D eigenvalue weighted by Crippen LogP contribution is -2.41. The Morgan fingerprint density at radius 3 is 2.76 bits per heavy atom. The smallest absolute Gasteiger partial charge is 0.223 e. The molecule has 2 aromatic heterocycles. The molecule has 1 unspecified atom stereocenters. The summed E-state index contributed by atoms with van der Waals surface area (Å²) in [6, 6.07) is 12.5. The number of aliphatic hydroxyl groups excluding tert-OH is 1. The van der Waals surface area contributed by atoms with Crippen molar-refractivity contribution in [3.05, 3.63) is 84.0 Å². The maximum Gasteiger partial charge on any atom is 0.223 e. The Labute approximate surface area is 248 Å². The van der Waals surface area contributed by atoms with Crippen LogP contribution in [-0.2, 0) is 11.2 Å². The molecule has 1 atom stereocenters. The Morgan fingerprint density at radius 1 is 1.19 bits per heavy atom. The molecule has 2 aliphatic rings. The monoisotopic (exact) mass is 564 g/mol. The Kier molecular flexibility index (Phi) is 10.0. The maximum absolute atomic E-state index is 12.3. The molecule has 0 spiro atoms. The largest absolute Gasteiger partial charge is 0.395 e. The fourth-order valence-corrected chi connectivity index (χ4v) is 5.66. The molecule has 1 saturated heterocycles. The summed E-state index contributed by atoms with van der Waals surface area (Å²) in [4.78, 5) is 33.5. The van der Waals surface area contributed by atoms with Gasteiger partial charge in [-0.15, -0.1) is 0 Å². The quantitative estimate of drug-likeness (QED) is 0.347. The van der Waals surface area contributed by atoms with Crippen LogP contribution in [0.2, 0.25) is 0 Å². The Morgan fingerprint density at radius 2 is 2.00 bits per heavy atom. The van der Waals surface area contributed by atoms with E-state index in [1.165, 1.54) is 5.57 Å². The average Bonchev–Trinajstić information content (AvgIpc) is 3.25. The number of piperidine rings is 1. The molecular weight excluding hydrogens is 524 g/mol. The molecule has 2 N–H and O–H groups in total. The number of fused-ring (bicyclic) bond motifs is 1. The number of allylic oxidation sites excluding steroid dienone is 4. The van der Waals surface area contributed by atoms with Gasteiger partial charge in [-0.05, 0) is 61.0 Å². The summed E-state index contributed by atoms with van der Waals surface area (Å²) in [5, 5.41) is 12.7. The van der Waals surface area contributed by atoms with Gasteiger partial charge < -0.3 is 15.4 Å². The van der Waals surface area contributed by atoms with Crippen molar-refractivity contribution in [3.8, 4) is 11.1 Å². The van der Waals surface area contributed by atoms with Crippen molar-refractivity contribution in [1.82, 2.24) is 25.2 Å². The molecule has 8 nitrogen and oxygen atoms in total. The van der Waals surface area contributed by atoms with Gasteiger partial charge in [0.15, 0.2) is 5.65 Å². The number of pyridine rings is 1. The molecule has 8 heteroatoms. The number of aliphatic imine (C=N–C) groups is 1. The van der Waals surface area contributed by atoms with E-state index in [4.69, 9.17) is 15.1 Å². The van der Waals surface area contributed by atoms with Gasteiger partial charge in [0.1, 0.15) is 5.82 Å². The van der Waals surface area contributed by atoms with Crippen LogP contribution in [0.5, 0.6) is 0 Å². The minimum absolute atomic E-state index is 0.0229. The first-order valence-corrected chi connectivity index (χ1v) is 14.9. The van der Waals surface area contributed by atoms with E-state index in [1.807, 2.05) is 18.5 Å². The lowest BCUT2D eigenvalue weighted by molar-refractivity contribution is -0.126. The molecule has 218 valence electrons. The van der Waals surface area contributed by atoms with Gasteiger partial charge in [-0.2, -0.15) is 0 Å². The van der Waals surface area contributed by atoms with E-state index in [0.29, 0.717) is 18.6 Å². The zero-order chi connectivity index (χ0) is 29.3. The summed E-state index contributed by atoms with van der Waals surface area (Å²) in [7, 11) is 1.79. The number of amides is 1. The van der Waals surface area contributed by atoms with Gasteiger partial charge in [0.2, 0.25) is 5.91 Å². The van der Waals surface area contributed by atoms with Crippen LogP contribution in [0.4, 0.5) is 0 Å². The number of carbonyl (C=O) groups excluding carboxylic acids is 1. The van der Waals surface area contributed by atoms with Gasteiger partial charge in [0.05, 0.1) is 12.3 Å². The van der Waals surface area contributed by atoms with Gasteiger partial charge in [-0.25, -0.2) is 15.0 Å². The Balaban J connectivity index is 1.39. The van der Waals surface area contributed by atoms with Crippen LogP contribution < -0.4 is 5.32 Å². The van der Waals surface area contributed by atoms with Crippen LogP contribution in [0.25, 0.3) is 27.7 Å². The van der Waals surface area contributed by atoms with Gasteiger partial charge in [0, 0.05) is 55.8 Å². The zero-order valence-corrected chi connectivity index (χ0v) is 24.5. The molecule has 1 aliphatic carbocycles. The summed E-state index contributed by atoms with van der Waals surface area (Å²) in [6.45, 7) is 5.03. The number of benzene rings is 1. The van der Waals surface area contributed by atoms with E-state index < -0.39 is 0 Å². The molecular formula is C34H40N6O2. The third kappa shape index (κ3) is 7.43. The number of likely N-dealkylation sites (tertiary alicyclic amines) is 1. The molecule has 1 aliphatic heterocycles. The number of hydrogen-bond donors (Lipinski definition) is 2. The number of carbonyl (C=O) groups is 1. The molecule has 1 amide bonds. The molecule has 0 bridgehead atoms. The van der Waals surface area contributed by atoms with E-state index in [-0.39, 0.29) is 24.3 Å². The van der Waals surface area contributed by atoms with E-state index in [1.54, 1.807) is 7.05 Å². The van der Waals surface area contributed by atoms with Crippen molar-refractivity contribution in [2.45, 2.75) is 32.6 Å². The number of aliphatic hydroxyl groups is 1. The van der Waals surface area contributed by atoms with Crippen LogP contribution in [0.3, 0.4) is 0 Å². The molecule has 0 radical (unpaired) electrons. The fraction of sp³-hybridized carbons (Fsp3) is 0.382. The molecule has 3 heterocycles. The summed E-state index contributed by atoms with van der Waals surface area (Å²) in [5.41, 5.74) is 6.23. The number of aromatic nitrogens is 3. The van der Waals surface area contributed by atoms with Gasteiger partial charge >= 0.3 is 0 Å². The topological polar surface area (TPSA) is 104 Å². The van der Waals surface area contributed by atoms with Crippen LogP contribution in [-0.4, -0.2) is 76.9 Å². The highest BCUT2D eigenvalue weighted by atomic mass is 16.3. The highest BCUT2D eigenvalue weighted by Gasteiger charge is 2.25. The highest BCUT2D eigenvalue weighted by molar-refractivity contribution is 5.88. The molecule has 1 aromatic carbocycles. The van der Waals surface area contributed by atoms with Crippen LogP contribution in [0.1, 0.15) is 37.7 Å². The first-order chi connectivity index (χ1) is 20.5. The normalized spacial score (nSPS) is 17.2. The van der Waals surface area contributed by atoms with E-state index in [2.05, 4.69) is 81.8 Å². The van der Waals surface area contributed by atoms with E-state index >= 15 is 0 Å². The predicted octanol–water partition coefficient (Wildman–Crippen LogP) is 4.66. The van der Waals surface area contributed by atoms with Crippen molar-refractivity contribution >= 4 is 28.7 Å².